The van der Waals surface area contributed by atoms with Gasteiger partial charge in [-0.3, -0.25) is 9.69 Å². The maximum Gasteiger partial charge on any atom is 0.325 e. The van der Waals surface area contributed by atoms with Crippen molar-refractivity contribution < 1.29 is 14.7 Å². The first-order valence-electron chi connectivity index (χ1n) is 10.9. The second kappa shape index (κ2) is 8.88. The summed E-state index contributed by atoms with van der Waals surface area (Å²) >= 11 is 0. The van der Waals surface area contributed by atoms with Crippen LogP contribution in [0.4, 0.5) is 10.5 Å². The van der Waals surface area contributed by atoms with E-state index in [0.29, 0.717) is 12.2 Å². The van der Waals surface area contributed by atoms with Crippen LogP contribution in [-0.4, -0.2) is 47.6 Å². The number of phenolic OH excluding ortho intramolecular Hbond substituents is 1. The molecule has 0 radical (unpaired) electrons. The molecular weight excluding hydrogens is 404 g/mol. The third-order valence-corrected chi connectivity index (χ3v) is 5.87. The Morgan fingerprint density at radius 2 is 1.88 bits per heavy atom. The number of phenols is 1. The average Bonchev–Trinajstić information content (AvgIpc) is 2.75. The summed E-state index contributed by atoms with van der Waals surface area (Å²) in [4.78, 5) is 28.1. The monoisotopic (exact) mass is 432 g/mol. The van der Waals surface area contributed by atoms with Crippen molar-refractivity contribution in [2.45, 2.75) is 26.4 Å². The van der Waals surface area contributed by atoms with Gasteiger partial charge in [0, 0.05) is 19.6 Å². The molecule has 2 heterocycles. The standard InChI is InChI=1S/C23H22N4O3.C2H6/c24-22(29)13-27-21-8-15(20-9-18(28)7-14-3-1-2-4-19(14)20)5-6-16(21)12-26(23(27)30)17-10-25-11-17;1-2/h1-9,17,25,28H,10-13H2,(H2,24,29);1-2H3. The van der Waals surface area contributed by atoms with E-state index in [0.717, 1.165) is 40.6 Å². The predicted octanol–water partition coefficient (Wildman–Crippen LogP) is 3.44. The molecular formula is C25H28N4O3. The van der Waals surface area contributed by atoms with Crippen LogP contribution in [0.25, 0.3) is 21.9 Å². The highest BCUT2D eigenvalue weighted by molar-refractivity contribution is 6.02. The Morgan fingerprint density at radius 1 is 1.12 bits per heavy atom. The fourth-order valence-electron chi connectivity index (χ4n) is 4.25. The number of fused-ring (bicyclic) bond motifs is 2. The quantitative estimate of drug-likeness (QED) is 0.588. The number of anilines is 1. The molecule has 7 heteroatoms. The molecule has 0 atom stereocenters. The van der Waals surface area contributed by atoms with E-state index in [1.165, 1.54) is 4.90 Å². The molecule has 166 valence electrons. The number of carbonyl (C=O) groups is 2. The molecule has 0 bridgehead atoms. The number of nitrogens with one attached hydrogen (secondary N) is 1. The van der Waals surface area contributed by atoms with E-state index >= 15 is 0 Å². The molecule has 1 saturated heterocycles. The van der Waals surface area contributed by atoms with Crippen molar-refractivity contribution in [3.63, 3.8) is 0 Å². The number of carbonyl (C=O) groups excluding carboxylic acids is 2. The van der Waals surface area contributed by atoms with Gasteiger partial charge >= 0.3 is 6.03 Å². The van der Waals surface area contributed by atoms with E-state index < -0.39 is 5.91 Å². The lowest BCUT2D eigenvalue weighted by atomic mass is 9.95. The summed E-state index contributed by atoms with van der Waals surface area (Å²) < 4.78 is 0. The molecule has 3 aromatic rings. The number of nitrogens with zero attached hydrogens (tertiary/aromatic N) is 2. The van der Waals surface area contributed by atoms with E-state index in [1.54, 1.807) is 17.0 Å². The lowest BCUT2D eigenvalue weighted by Crippen LogP contribution is -2.63. The molecule has 0 aliphatic carbocycles. The smallest absolute Gasteiger partial charge is 0.325 e. The van der Waals surface area contributed by atoms with Crippen molar-refractivity contribution in [1.82, 2.24) is 10.2 Å². The van der Waals surface area contributed by atoms with Gasteiger partial charge in [0.05, 0.1) is 11.7 Å². The minimum Gasteiger partial charge on any atom is -0.508 e. The van der Waals surface area contributed by atoms with Crippen LogP contribution in [0.1, 0.15) is 19.4 Å². The van der Waals surface area contributed by atoms with Crippen LogP contribution in [0.5, 0.6) is 5.75 Å². The molecule has 2 aliphatic rings. The summed E-state index contributed by atoms with van der Waals surface area (Å²) in [6.45, 7) is 5.82. The Kier molecular flexibility index (Phi) is 6.01. The topological polar surface area (TPSA) is 98.9 Å². The summed E-state index contributed by atoms with van der Waals surface area (Å²) in [5.41, 5.74) is 8.84. The molecule has 5 rings (SSSR count). The summed E-state index contributed by atoms with van der Waals surface area (Å²) in [7, 11) is 0. The van der Waals surface area contributed by atoms with Crippen molar-refractivity contribution in [3.05, 3.63) is 60.2 Å². The minimum atomic E-state index is -0.559. The molecule has 1 fully saturated rings. The number of primary amides is 1. The molecule has 7 nitrogen and oxygen atoms in total. The molecule has 0 saturated carbocycles. The van der Waals surface area contributed by atoms with Gasteiger partial charge in [0.1, 0.15) is 12.3 Å². The van der Waals surface area contributed by atoms with Crippen LogP contribution < -0.4 is 16.0 Å². The number of aromatic hydroxyl groups is 1. The number of hydrogen-bond acceptors (Lipinski definition) is 4. The van der Waals surface area contributed by atoms with Crippen molar-refractivity contribution >= 4 is 28.4 Å². The summed E-state index contributed by atoms with van der Waals surface area (Å²) in [5, 5.41) is 15.3. The Bertz CT molecular complexity index is 1170. The van der Waals surface area contributed by atoms with Gasteiger partial charge in [-0.25, -0.2) is 4.79 Å². The number of urea groups is 1. The minimum absolute atomic E-state index is 0.121. The Balaban J connectivity index is 0.00000119. The Morgan fingerprint density at radius 3 is 2.56 bits per heavy atom. The largest absolute Gasteiger partial charge is 0.508 e. The highest BCUT2D eigenvalue weighted by atomic mass is 16.3. The third kappa shape index (κ3) is 3.87. The van der Waals surface area contributed by atoms with E-state index in [4.69, 9.17) is 5.73 Å². The van der Waals surface area contributed by atoms with Gasteiger partial charge in [0.2, 0.25) is 5.91 Å². The molecule has 3 aromatic carbocycles. The molecule has 0 unspecified atom stereocenters. The molecule has 0 spiro atoms. The van der Waals surface area contributed by atoms with Gasteiger partial charge in [-0.05, 0) is 45.7 Å². The van der Waals surface area contributed by atoms with Crippen LogP contribution in [-0.2, 0) is 11.3 Å². The SMILES string of the molecule is CC.NC(=O)CN1C(=O)N(C2CNC2)Cc2ccc(-c3cc(O)cc4ccccc34)cc21. The maximum absolute atomic E-state index is 13.1. The zero-order chi connectivity index (χ0) is 22.8. The molecule has 32 heavy (non-hydrogen) atoms. The second-order valence-electron chi connectivity index (χ2n) is 7.83. The Labute approximate surface area is 187 Å². The molecule has 0 aromatic heterocycles. The highest BCUT2D eigenvalue weighted by Gasteiger charge is 2.37. The first kappa shape index (κ1) is 21.6. The van der Waals surface area contributed by atoms with Crippen molar-refractivity contribution in [2.24, 2.45) is 5.73 Å². The second-order valence-corrected chi connectivity index (χ2v) is 7.83. The van der Waals surface area contributed by atoms with Gasteiger partial charge in [-0.2, -0.15) is 0 Å². The van der Waals surface area contributed by atoms with Crippen molar-refractivity contribution in [3.8, 4) is 16.9 Å². The van der Waals surface area contributed by atoms with Gasteiger partial charge in [-0.15, -0.1) is 0 Å². The van der Waals surface area contributed by atoms with Gasteiger partial charge in [0.25, 0.3) is 0 Å². The van der Waals surface area contributed by atoms with E-state index in [9.17, 15) is 14.7 Å². The van der Waals surface area contributed by atoms with E-state index in [-0.39, 0.29) is 24.4 Å². The van der Waals surface area contributed by atoms with Crippen LogP contribution in [0.3, 0.4) is 0 Å². The predicted molar refractivity (Wildman–Crippen MR) is 127 cm³/mol. The van der Waals surface area contributed by atoms with Crippen molar-refractivity contribution in [2.75, 3.05) is 24.5 Å². The average molecular weight is 433 g/mol. The van der Waals surface area contributed by atoms with Crippen LogP contribution in [0, 0.1) is 0 Å². The normalized spacial score (nSPS) is 15.6. The Hall–Kier alpha value is -3.58. The highest BCUT2D eigenvalue weighted by Crippen LogP contribution is 2.38. The summed E-state index contributed by atoms with van der Waals surface area (Å²) in [6.07, 6.45) is 0. The van der Waals surface area contributed by atoms with E-state index in [2.05, 4.69) is 5.32 Å². The molecule has 2 aliphatic heterocycles. The number of benzene rings is 3. The number of rotatable bonds is 4. The summed E-state index contributed by atoms with van der Waals surface area (Å²) in [6, 6.07) is 17.1. The van der Waals surface area contributed by atoms with Gasteiger partial charge < -0.3 is 21.1 Å². The number of nitrogens with two attached hydrogens (primary N) is 1. The van der Waals surface area contributed by atoms with Gasteiger partial charge in [0.15, 0.2) is 0 Å². The van der Waals surface area contributed by atoms with Crippen LogP contribution in [0.2, 0.25) is 0 Å². The zero-order valence-corrected chi connectivity index (χ0v) is 18.3. The molecule has 3 amide bonds. The lowest BCUT2D eigenvalue weighted by Gasteiger charge is -2.44. The zero-order valence-electron chi connectivity index (χ0n) is 18.3. The fourth-order valence-corrected chi connectivity index (χ4v) is 4.25. The first-order valence-corrected chi connectivity index (χ1v) is 10.9. The van der Waals surface area contributed by atoms with Gasteiger partial charge in [-0.1, -0.05) is 50.2 Å². The van der Waals surface area contributed by atoms with E-state index in [1.807, 2.05) is 56.3 Å². The van der Waals surface area contributed by atoms with Crippen LogP contribution in [0.15, 0.2) is 54.6 Å². The fraction of sp³-hybridized carbons (Fsp3) is 0.280. The third-order valence-electron chi connectivity index (χ3n) is 5.87. The number of hydrogen-bond donors (Lipinski definition) is 3. The van der Waals surface area contributed by atoms with Crippen molar-refractivity contribution in [1.29, 1.82) is 0 Å². The molecule has 4 N–H and O–H groups in total. The summed E-state index contributed by atoms with van der Waals surface area (Å²) in [5.74, 6) is -0.383. The first-order chi connectivity index (χ1) is 15.5. The number of amides is 3. The van der Waals surface area contributed by atoms with Crippen LogP contribution >= 0.6 is 0 Å². The maximum atomic E-state index is 13.1. The lowest BCUT2D eigenvalue weighted by molar-refractivity contribution is -0.116.